The Bertz CT molecular complexity index is 268. The van der Waals surface area contributed by atoms with Gasteiger partial charge in [-0.15, -0.1) is 11.6 Å². The van der Waals surface area contributed by atoms with Gasteiger partial charge in [0.25, 0.3) is 0 Å². The lowest BCUT2D eigenvalue weighted by atomic mass is 10.0. The van der Waals surface area contributed by atoms with E-state index < -0.39 is 0 Å². The fourth-order valence-corrected chi connectivity index (χ4v) is 1.81. The van der Waals surface area contributed by atoms with Crippen LogP contribution >= 0.6 is 27.5 Å². The highest BCUT2D eigenvalue weighted by molar-refractivity contribution is 9.10. The number of halogens is 3. The summed E-state index contributed by atoms with van der Waals surface area (Å²) in [6.07, 6.45) is 0.819. The van der Waals surface area contributed by atoms with Crippen molar-refractivity contribution < 1.29 is 4.39 Å². The van der Waals surface area contributed by atoms with Crippen LogP contribution in [0.5, 0.6) is 0 Å². The Morgan fingerprint density at radius 3 is 2.69 bits per heavy atom. The van der Waals surface area contributed by atoms with Gasteiger partial charge in [-0.25, -0.2) is 4.39 Å². The predicted octanol–water partition coefficient (Wildman–Crippen LogP) is 4.01. The summed E-state index contributed by atoms with van der Waals surface area (Å²) in [5.74, 6) is 0.787. The Balaban J connectivity index is 2.77. The molecule has 0 aliphatic carbocycles. The summed E-state index contributed by atoms with van der Waals surface area (Å²) < 4.78 is 13.7. The maximum atomic E-state index is 12.9. The van der Waals surface area contributed by atoms with Crippen molar-refractivity contribution in [1.29, 1.82) is 0 Å². The Kier molecular flexibility index (Phi) is 4.20. The molecule has 1 rings (SSSR count). The lowest BCUT2D eigenvalue weighted by Gasteiger charge is -2.07. The number of benzene rings is 1. The first-order chi connectivity index (χ1) is 6.11. The molecule has 1 aromatic rings. The molecule has 13 heavy (non-hydrogen) atoms. The fraction of sp³-hybridized carbons (Fsp3) is 0.400. The zero-order valence-electron chi connectivity index (χ0n) is 7.36. The fourth-order valence-electron chi connectivity index (χ4n) is 1.19. The molecule has 1 aromatic carbocycles. The summed E-state index contributed by atoms with van der Waals surface area (Å²) in [5, 5.41) is 0. The average molecular weight is 266 g/mol. The van der Waals surface area contributed by atoms with Crippen LogP contribution < -0.4 is 0 Å². The van der Waals surface area contributed by atoms with E-state index in [4.69, 9.17) is 11.6 Å². The van der Waals surface area contributed by atoms with E-state index in [1.54, 1.807) is 6.07 Å². The quantitative estimate of drug-likeness (QED) is 0.725. The van der Waals surface area contributed by atoms with E-state index in [1.165, 1.54) is 6.07 Å². The maximum Gasteiger partial charge on any atom is 0.124 e. The molecule has 0 aliphatic heterocycles. The van der Waals surface area contributed by atoms with Crippen molar-refractivity contribution >= 4 is 27.5 Å². The minimum Gasteiger partial charge on any atom is -0.207 e. The Labute approximate surface area is 91.2 Å². The normalized spacial score (nSPS) is 12.9. The van der Waals surface area contributed by atoms with Crippen LogP contribution in [0.25, 0.3) is 0 Å². The Hall–Kier alpha value is -0.0800. The molecule has 0 aromatic heterocycles. The summed E-state index contributed by atoms with van der Waals surface area (Å²) >= 11 is 8.93. The molecule has 0 bridgehead atoms. The molecule has 0 N–H and O–H groups in total. The Morgan fingerprint density at radius 1 is 1.46 bits per heavy atom. The van der Waals surface area contributed by atoms with Crippen LogP contribution in [0, 0.1) is 11.7 Å². The molecule has 0 amide bonds. The molecule has 0 radical (unpaired) electrons. The van der Waals surface area contributed by atoms with Gasteiger partial charge in [0.15, 0.2) is 0 Å². The minimum atomic E-state index is -0.203. The first-order valence-corrected chi connectivity index (χ1v) is 5.45. The van der Waals surface area contributed by atoms with E-state index in [-0.39, 0.29) is 5.82 Å². The standard InChI is InChI=1S/C10H11BrClF/c1-7(6-12)2-8-3-9(11)5-10(13)4-8/h3-5,7H,2,6H2,1H3. The van der Waals surface area contributed by atoms with E-state index >= 15 is 0 Å². The molecule has 0 aliphatic rings. The molecule has 0 spiro atoms. The van der Waals surface area contributed by atoms with Gasteiger partial charge < -0.3 is 0 Å². The van der Waals surface area contributed by atoms with Crippen molar-refractivity contribution in [2.75, 3.05) is 5.88 Å². The van der Waals surface area contributed by atoms with Crippen LogP contribution in [0.3, 0.4) is 0 Å². The molecule has 72 valence electrons. The van der Waals surface area contributed by atoms with Gasteiger partial charge in [0.2, 0.25) is 0 Å². The molecule has 1 unspecified atom stereocenters. The lowest BCUT2D eigenvalue weighted by Crippen LogP contribution is -2.01. The average Bonchev–Trinajstić information content (AvgIpc) is 2.02. The number of hydrogen-bond acceptors (Lipinski definition) is 0. The van der Waals surface area contributed by atoms with Crippen LogP contribution in [-0.4, -0.2) is 5.88 Å². The second kappa shape index (κ2) is 4.97. The third-order valence-electron chi connectivity index (χ3n) is 1.77. The second-order valence-corrected chi connectivity index (χ2v) is 4.47. The van der Waals surface area contributed by atoms with E-state index in [2.05, 4.69) is 15.9 Å². The summed E-state index contributed by atoms with van der Waals surface area (Å²) in [4.78, 5) is 0. The monoisotopic (exact) mass is 264 g/mol. The third kappa shape index (κ3) is 3.65. The first kappa shape index (κ1) is 11.0. The van der Waals surface area contributed by atoms with Gasteiger partial charge in [-0.3, -0.25) is 0 Å². The zero-order chi connectivity index (χ0) is 9.84. The van der Waals surface area contributed by atoms with Gasteiger partial charge in [-0.2, -0.15) is 0 Å². The van der Waals surface area contributed by atoms with E-state index in [1.807, 2.05) is 13.0 Å². The molecule has 3 heteroatoms. The van der Waals surface area contributed by atoms with E-state index in [0.29, 0.717) is 11.8 Å². The molecular formula is C10H11BrClF. The summed E-state index contributed by atoms with van der Waals surface area (Å²) in [5.41, 5.74) is 0.986. The van der Waals surface area contributed by atoms with Crippen LogP contribution in [0.2, 0.25) is 0 Å². The highest BCUT2D eigenvalue weighted by atomic mass is 79.9. The first-order valence-electron chi connectivity index (χ1n) is 4.12. The molecule has 0 saturated carbocycles. The summed E-state index contributed by atoms with van der Waals surface area (Å²) in [7, 11) is 0. The molecule has 0 fully saturated rings. The molecule has 0 heterocycles. The van der Waals surface area contributed by atoms with Crippen molar-refractivity contribution in [1.82, 2.24) is 0 Å². The van der Waals surface area contributed by atoms with Crippen LogP contribution in [-0.2, 0) is 6.42 Å². The van der Waals surface area contributed by atoms with Crippen LogP contribution in [0.15, 0.2) is 22.7 Å². The van der Waals surface area contributed by atoms with Gasteiger partial charge in [0.1, 0.15) is 5.82 Å². The maximum absolute atomic E-state index is 12.9. The van der Waals surface area contributed by atoms with Crippen LogP contribution in [0.1, 0.15) is 12.5 Å². The molecular weight excluding hydrogens is 254 g/mol. The molecule has 1 atom stereocenters. The van der Waals surface area contributed by atoms with Crippen molar-refractivity contribution in [3.8, 4) is 0 Å². The molecule has 0 nitrogen and oxygen atoms in total. The highest BCUT2D eigenvalue weighted by Crippen LogP contribution is 2.17. The smallest absolute Gasteiger partial charge is 0.124 e. The second-order valence-electron chi connectivity index (χ2n) is 3.24. The van der Waals surface area contributed by atoms with Gasteiger partial charge >= 0.3 is 0 Å². The number of hydrogen-bond donors (Lipinski definition) is 0. The van der Waals surface area contributed by atoms with Gasteiger partial charge in [-0.05, 0) is 36.1 Å². The minimum absolute atomic E-state index is 0.203. The SMILES string of the molecule is CC(CCl)Cc1cc(F)cc(Br)c1. The number of alkyl halides is 1. The largest absolute Gasteiger partial charge is 0.207 e. The predicted molar refractivity (Wildman–Crippen MR) is 57.7 cm³/mol. The van der Waals surface area contributed by atoms with E-state index in [0.717, 1.165) is 16.5 Å². The van der Waals surface area contributed by atoms with Crippen molar-refractivity contribution in [2.45, 2.75) is 13.3 Å². The van der Waals surface area contributed by atoms with E-state index in [9.17, 15) is 4.39 Å². The van der Waals surface area contributed by atoms with Gasteiger partial charge in [0.05, 0.1) is 0 Å². The van der Waals surface area contributed by atoms with Gasteiger partial charge in [-0.1, -0.05) is 22.9 Å². The van der Waals surface area contributed by atoms with Crippen LogP contribution in [0.4, 0.5) is 4.39 Å². The topological polar surface area (TPSA) is 0 Å². The molecule has 0 saturated heterocycles. The summed E-state index contributed by atoms with van der Waals surface area (Å²) in [6.45, 7) is 2.05. The van der Waals surface area contributed by atoms with Crippen molar-refractivity contribution in [3.63, 3.8) is 0 Å². The highest BCUT2D eigenvalue weighted by Gasteiger charge is 2.04. The van der Waals surface area contributed by atoms with Crippen molar-refractivity contribution in [2.24, 2.45) is 5.92 Å². The zero-order valence-corrected chi connectivity index (χ0v) is 9.70. The van der Waals surface area contributed by atoms with Crippen molar-refractivity contribution in [3.05, 3.63) is 34.1 Å². The number of rotatable bonds is 3. The third-order valence-corrected chi connectivity index (χ3v) is 2.75. The lowest BCUT2D eigenvalue weighted by molar-refractivity contribution is 0.613. The Morgan fingerprint density at radius 2 is 2.15 bits per heavy atom. The summed E-state index contributed by atoms with van der Waals surface area (Å²) in [6, 6.07) is 4.93. The van der Waals surface area contributed by atoms with Gasteiger partial charge in [0, 0.05) is 10.4 Å².